The standard InChI is InChI=1S/C14H16N2O2S/c1-9(2)12-7-15-14(19-12)16-13(18)11-5-3-10(8-17)4-6-11/h3-7,9,17H,8H2,1-2H3,(H,15,16,18). The Bertz CT molecular complexity index is 561. The molecule has 2 rings (SSSR count). The number of nitrogens with one attached hydrogen (secondary N) is 1. The number of hydrogen-bond donors (Lipinski definition) is 2. The Labute approximate surface area is 116 Å². The molecule has 5 heteroatoms. The molecule has 0 saturated carbocycles. The number of anilines is 1. The molecule has 0 aliphatic heterocycles. The van der Waals surface area contributed by atoms with Crippen LogP contribution in [-0.2, 0) is 6.61 Å². The fraction of sp³-hybridized carbons (Fsp3) is 0.286. The Kier molecular flexibility index (Phi) is 4.29. The molecule has 0 fully saturated rings. The highest BCUT2D eigenvalue weighted by molar-refractivity contribution is 7.15. The summed E-state index contributed by atoms with van der Waals surface area (Å²) >= 11 is 1.49. The summed E-state index contributed by atoms with van der Waals surface area (Å²) in [6.07, 6.45) is 1.79. The number of carbonyl (C=O) groups excluding carboxylic acids is 1. The van der Waals surface area contributed by atoms with Crippen molar-refractivity contribution in [1.82, 2.24) is 4.98 Å². The van der Waals surface area contributed by atoms with Gasteiger partial charge in [0.25, 0.3) is 5.91 Å². The maximum atomic E-state index is 12.0. The van der Waals surface area contributed by atoms with Gasteiger partial charge in [-0.1, -0.05) is 26.0 Å². The first kappa shape index (κ1) is 13.7. The number of aromatic nitrogens is 1. The van der Waals surface area contributed by atoms with E-state index in [1.165, 1.54) is 11.3 Å². The maximum Gasteiger partial charge on any atom is 0.257 e. The van der Waals surface area contributed by atoms with E-state index in [0.717, 1.165) is 10.4 Å². The third-order valence-corrected chi connectivity index (χ3v) is 3.93. The van der Waals surface area contributed by atoms with Crippen LogP contribution in [0, 0.1) is 0 Å². The average Bonchev–Trinajstić information content (AvgIpc) is 2.87. The zero-order valence-electron chi connectivity index (χ0n) is 10.9. The number of benzene rings is 1. The van der Waals surface area contributed by atoms with E-state index in [0.29, 0.717) is 16.6 Å². The molecular formula is C14H16N2O2S. The van der Waals surface area contributed by atoms with Crippen LogP contribution in [0.5, 0.6) is 0 Å². The van der Waals surface area contributed by atoms with Gasteiger partial charge in [-0.3, -0.25) is 10.1 Å². The van der Waals surface area contributed by atoms with Crippen LogP contribution in [-0.4, -0.2) is 16.0 Å². The fourth-order valence-electron chi connectivity index (χ4n) is 1.54. The second-order valence-electron chi connectivity index (χ2n) is 4.53. The number of rotatable bonds is 4. The van der Waals surface area contributed by atoms with Crippen molar-refractivity contribution < 1.29 is 9.90 Å². The summed E-state index contributed by atoms with van der Waals surface area (Å²) in [5, 5.41) is 12.3. The number of hydrogen-bond acceptors (Lipinski definition) is 4. The normalized spacial score (nSPS) is 10.7. The van der Waals surface area contributed by atoms with Gasteiger partial charge in [-0.05, 0) is 23.6 Å². The van der Waals surface area contributed by atoms with E-state index in [1.54, 1.807) is 30.5 Å². The van der Waals surface area contributed by atoms with E-state index in [9.17, 15) is 4.79 Å². The minimum absolute atomic E-state index is 0.0217. The van der Waals surface area contributed by atoms with Gasteiger partial charge in [0.05, 0.1) is 6.61 Å². The topological polar surface area (TPSA) is 62.2 Å². The first-order valence-electron chi connectivity index (χ1n) is 6.07. The van der Waals surface area contributed by atoms with Crippen LogP contribution in [0.1, 0.15) is 40.6 Å². The van der Waals surface area contributed by atoms with E-state index in [-0.39, 0.29) is 12.5 Å². The monoisotopic (exact) mass is 276 g/mol. The highest BCUT2D eigenvalue weighted by Gasteiger charge is 2.10. The van der Waals surface area contributed by atoms with Gasteiger partial charge in [-0.15, -0.1) is 11.3 Å². The Hall–Kier alpha value is -1.72. The van der Waals surface area contributed by atoms with Gasteiger partial charge in [0, 0.05) is 16.6 Å². The molecule has 19 heavy (non-hydrogen) atoms. The van der Waals surface area contributed by atoms with Gasteiger partial charge >= 0.3 is 0 Å². The third-order valence-electron chi connectivity index (χ3n) is 2.71. The number of thiazole rings is 1. The van der Waals surface area contributed by atoms with Crippen LogP contribution in [0.15, 0.2) is 30.5 Å². The molecule has 2 aromatic rings. The molecule has 100 valence electrons. The predicted octanol–water partition coefficient (Wildman–Crippen LogP) is 3.01. The minimum Gasteiger partial charge on any atom is -0.392 e. The van der Waals surface area contributed by atoms with Gasteiger partial charge in [0.1, 0.15) is 0 Å². The van der Waals surface area contributed by atoms with Crippen LogP contribution in [0.25, 0.3) is 0 Å². The van der Waals surface area contributed by atoms with Crippen molar-refractivity contribution >= 4 is 22.4 Å². The second-order valence-corrected chi connectivity index (χ2v) is 5.59. The molecule has 0 radical (unpaired) electrons. The molecule has 0 saturated heterocycles. The molecule has 0 spiro atoms. The molecule has 2 N–H and O–H groups in total. The highest BCUT2D eigenvalue weighted by Crippen LogP contribution is 2.25. The average molecular weight is 276 g/mol. The fourth-order valence-corrected chi connectivity index (χ4v) is 2.36. The summed E-state index contributed by atoms with van der Waals surface area (Å²) < 4.78 is 0. The van der Waals surface area contributed by atoms with Gasteiger partial charge in [-0.2, -0.15) is 0 Å². The molecule has 1 aromatic heterocycles. The number of nitrogens with zero attached hydrogens (tertiary/aromatic N) is 1. The van der Waals surface area contributed by atoms with Crippen molar-refractivity contribution in [3.05, 3.63) is 46.5 Å². The molecule has 1 aromatic carbocycles. The largest absolute Gasteiger partial charge is 0.392 e. The molecule has 4 nitrogen and oxygen atoms in total. The Morgan fingerprint density at radius 1 is 1.37 bits per heavy atom. The zero-order chi connectivity index (χ0) is 13.8. The zero-order valence-corrected chi connectivity index (χ0v) is 11.7. The molecule has 0 aliphatic carbocycles. The van der Waals surface area contributed by atoms with E-state index in [2.05, 4.69) is 24.1 Å². The lowest BCUT2D eigenvalue weighted by Crippen LogP contribution is -2.11. The first-order chi connectivity index (χ1) is 9.10. The van der Waals surface area contributed by atoms with Gasteiger partial charge in [-0.25, -0.2) is 4.98 Å². The van der Waals surface area contributed by atoms with Crippen LogP contribution in [0.4, 0.5) is 5.13 Å². The van der Waals surface area contributed by atoms with Crippen molar-refractivity contribution in [2.75, 3.05) is 5.32 Å². The molecule has 0 unspecified atom stereocenters. The van der Waals surface area contributed by atoms with Crippen LogP contribution in [0.2, 0.25) is 0 Å². The lowest BCUT2D eigenvalue weighted by Gasteiger charge is -2.02. The van der Waals surface area contributed by atoms with E-state index >= 15 is 0 Å². The van der Waals surface area contributed by atoms with Crippen LogP contribution >= 0.6 is 11.3 Å². The Morgan fingerprint density at radius 2 is 2.05 bits per heavy atom. The quantitative estimate of drug-likeness (QED) is 0.902. The number of carbonyl (C=O) groups is 1. The van der Waals surface area contributed by atoms with E-state index < -0.39 is 0 Å². The van der Waals surface area contributed by atoms with Crippen molar-refractivity contribution in [1.29, 1.82) is 0 Å². The van der Waals surface area contributed by atoms with E-state index in [1.807, 2.05) is 0 Å². The summed E-state index contributed by atoms with van der Waals surface area (Å²) in [5.74, 6) is 0.223. The lowest BCUT2D eigenvalue weighted by molar-refractivity contribution is 0.102. The smallest absolute Gasteiger partial charge is 0.257 e. The number of amides is 1. The summed E-state index contributed by atoms with van der Waals surface area (Å²) in [7, 11) is 0. The van der Waals surface area contributed by atoms with Crippen LogP contribution in [0.3, 0.4) is 0 Å². The number of aliphatic hydroxyl groups is 1. The first-order valence-corrected chi connectivity index (χ1v) is 6.88. The number of aliphatic hydroxyl groups excluding tert-OH is 1. The minimum atomic E-state index is -0.186. The van der Waals surface area contributed by atoms with Crippen molar-refractivity contribution in [2.24, 2.45) is 0 Å². The highest BCUT2D eigenvalue weighted by atomic mass is 32.1. The third kappa shape index (κ3) is 3.39. The summed E-state index contributed by atoms with van der Waals surface area (Å²) in [6, 6.07) is 6.85. The van der Waals surface area contributed by atoms with Crippen molar-refractivity contribution in [3.8, 4) is 0 Å². The second kappa shape index (κ2) is 5.95. The Balaban J connectivity index is 2.06. The van der Waals surface area contributed by atoms with Gasteiger partial charge in [0.15, 0.2) is 5.13 Å². The SMILES string of the molecule is CC(C)c1cnc(NC(=O)c2ccc(CO)cc2)s1. The van der Waals surface area contributed by atoms with Crippen molar-refractivity contribution in [2.45, 2.75) is 26.4 Å². The molecular weight excluding hydrogens is 260 g/mol. The molecule has 0 atom stereocenters. The summed E-state index contributed by atoms with van der Waals surface area (Å²) in [5.41, 5.74) is 1.34. The van der Waals surface area contributed by atoms with Gasteiger partial charge < -0.3 is 5.11 Å². The van der Waals surface area contributed by atoms with E-state index in [4.69, 9.17) is 5.11 Å². The molecule has 1 heterocycles. The van der Waals surface area contributed by atoms with Gasteiger partial charge in [0.2, 0.25) is 0 Å². The molecule has 0 aliphatic rings. The van der Waals surface area contributed by atoms with Crippen molar-refractivity contribution in [3.63, 3.8) is 0 Å². The molecule has 1 amide bonds. The summed E-state index contributed by atoms with van der Waals surface area (Å²) in [6.45, 7) is 4.16. The summed E-state index contributed by atoms with van der Waals surface area (Å²) in [4.78, 5) is 17.3. The lowest BCUT2D eigenvalue weighted by atomic mass is 10.1. The molecule has 0 bridgehead atoms. The van der Waals surface area contributed by atoms with Crippen LogP contribution < -0.4 is 5.32 Å². The maximum absolute atomic E-state index is 12.0. The predicted molar refractivity (Wildman–Crippen MR) is 76.5 cm³/mol. The Morgan fingerprint density at radius 3 is 2.58 bits per heavy atom.